The van der Waals surface area contributed by atoms with Crippen LogP contribution < -0.4 is 20.7 Å². The van der Waals surface area contributed by atoms with Gasteiger partial charge >= 0.3 is 0 Å². The van der Waals surface area contributed by atoms with Gasteiger partial charge in [0.05, 0.1) is 9.75 Å². The number of fused-ring (bicyclic) bond motifs is 3. The molecule has 59 heavy (non-hydrogen) atoms. The van der Waals surface area contributed by atoms with Crippen LogP contribution in [0, 0.1) is 0 Å². The lowest BCUT2D eigenvalue weighted by Gasteiger charge is -2.30. The Morgan fingerprint density at radius 3 is 0.831 bits per heavy atom. The summed E-state index contributed by atoms with van der Waals surface area (Å²) in [5.74, 6) is 3.92. The average molecular weight is 809 g/mol. The first-order chi connectivity index (χ1) is 29.2. The van der Waals surface area contributed by atoms with Crippen molar-refractivity contribution < 1.29 is 0 Å². The van der Waals surface area contributed by atoms with E-state index in [9.17, 15) is 0 Å². The molecule has 6 nitrogen and oxygen atoms in total. The molecule has 0 atom stereocenters. The Morgan fingerprint density at radius 1 is 0.288 bits per heavy atom. The molecule has 10 aromatic rings. The number of hydrogen-bond acceptors (Lipinski definition) is 8. The maximum atomic E-state index is 5.17. The monoisotopic (exact) mass is 808 g/mol. The van der Waals surface area contributed by atoms with Crippen LogP contribution >= 0.6 is 22.7 Å². The number of rotatable bonds is 8. The van der Waals surface area contributed by atoms with Gasteiger partial charge in [0, 0.05) is 32.0 Å². The number of nitrogens with zero attached hydrogens (tertiary/aromatic N) is 6. The minimum Gasteiger partial charge on any atom is -0.208 e. The molecule has 0 N–H and O–H groups in total. The molecule has 0 saturated heterocycles. The summed E-state index contributed by atoms with van der Waals surface area (Å²) in [5, 5.41) is 5.32. The number of benzene rings is 6. The topological polar surface area (TPSA) is 77.3 Å². The standard InChI is InChI=1S/C50H32N6S2Si/c1-7-19-33(20-8-1)45-51-46(34-21-9-2-10-22-34)54-49(53-45)39-31-41-43(57-39)44-42(59(41,37-27-15-5-16-28-37)38-29-17-6-18-30-38)32-40(58-44)50-55-47(35-23-11-3-12-24-35)52-48(56-50)36-25-13-4-14-26-36/h1-32H. The Morgan fingerprint density at radius 2 is 0.542 bits per heavy atom. The first-order valence-electron chi connectivity index (χ1n) is 19.4. The van der Waals surface area contributed by atoms with Crippen LogP contribution in [0.25, 0.3) is 76.7 Å². The Balaban J connectivity index is 1.16. The lowest BCUT2D eigenvalue weighted by Crippen LogP contribution is -2.72. The molecule has 0 amide bonds. The van der Waals surface area contributed by atoms with Crippen molar-refractivity contribution in [2.75, 3.05) is 0 Å². The molecule has 0 fully saturated rings. The van der Waals surface area contributed by atoms with Crippen LogP contribution in [0.1, 0.15) is 0 Å². The van der Waals surface area contributed by atoms with Crippen LogP contribution in [0.4, 0.5) is 0 Å². The minimum atomic E-state index is -2.88. The number of thiophene rings is 2. The Labute approximate surface area is 350 Å². The van der Waals surface area contributed by atoms with Crippen LogP contribution in [0.3, 0.4) is 0 Å². The molecule has 0 bridgehead atoms. The summed E-state index contributed by atoms with van der Waals surface area (Å²) < 4.78 is 0. The summed E-state index contributed by atoms with van der Waals surface area (Å²) in [6, 6.07) is 67.5. The predicted molar refractivity (Wildman–Crippen MR) is 244 cm³/mol. The summed E-state index contributed by atoms with van der Waals surface area (Å²) in [6.45, 7) is 0. The van der Waals surface area contributed by atoms with Crippen molar-refractivity contribution >= 4 is 51.5 Å². The normalized spacial score (nSPS) is 12.5. The molecule has 0 saturated carbocycles. The third-order valence-electron chi connectivity index (χ3n) is 10.7. The van der Waals surface area contributed by atoms with Crippen molar-refractivity contribution in [2.24, 2.45) is 0 Å². The highest BCUT2D eigenvalue weighted by Crippen LogP contribution is 2.44. The predicted octanol–water partition coefficient (Wildman–Crippen LogP) is 9.54. The molecule has 9 heteroatoms. The van der Waals surface area contributed by atoms with E-state index in [1.165, 1.54) is 30.5 Å². The number of hydrogen-bond donors (Lipinski definition) is 0. The van der Waals surface area contributed by atoms with Gasteiger partial charge in [-0.3, -0.25) is 0 Å². The summed E-state index contributed by atoms with van der Waals surface area (Å²) in [5.41, 5.74) is 3.79. The van der Waals surface area contributed by atoms with Gasteiger partial charge in [0.2, 0.25) is 0 Å². The molecular weight excluding hydrogens is 777 g/mol. The van der Waals surface area contributed by atoms with Gasteiger partial charge in [-0.05, 0) is 32.9 Å². The van der Waals surface area contributed by atoms with Gasteiger partial charge in [-0.15, -0.1) is 22.7 Å². The van der Waals surface area contributed by atoms with Crippen LogP contribution in [0.2, 0.25) is 0 Å². The molecule has 278 valence electrons. The van der Waals surface area contributed by atoms with Gasteiger partial charge in [0.25, 0.3) is 0 Å². The molecule has 0 aliphatic carbocycles. The van der Waals surface area contributed by atoms with Crippen molar-refractivity contribution in [1.82, 2.24) is 29.9 Å². The smallest absolute Gasteiger partial charge is 0.182 e. The second-order valence-electron chi connectivity index (χ2n) is 14.3. The fourth-order valence-corrected chi connectivity index (χ4v) is 16.7. The third kappa shape index (κ3) is 6.15. The fourth-order valence-electron chi connectivity index (χ4n) is 8.04. The molecular formula is C50H32N6S2Si. The molecule has 0 spiro atoms. The zero-order valence-corrected chi connectivity index (χ0v) is 34.1. The second kappa shape index (κ2) is 14.7. The van der Waals surface area contributed by atoms with Gasteiger partial charge in [-0.25, -0.2) is 29.9 Å². The molecule has 1 aliphatic heterocycles. The van der Waals surface area contributed by atoms with Crippen LogP contribution in [-0.4, -0.2) is 38.0 Å². The van der Waals surface area contributed by atoms with E-state index in [1.807, 2.05) is 72.8 Å². The molecule has 4 aromatic heterocycles. The minimum absolute atomic E-state index is 0.648. The molecule has 11 rings (SSSR count). The van der Waals surface area contributed by atoms with Crippen molar-refractivity contribution in [2.45, 2.75) is 0 Å². The largest absolute Gasteiger partial charge is 0.208 e. The van der Waals surface area contributed by atoms with Crippen LogP contribution in [0.15, 0.2) is 194 Å². The first kappa shape index (κ1) is 35.1. The maximum absolute atomic E-state index is 5.17. The summed E-state index contributed by atoms with van der Waals surface area (Å²) >= 11 is 3.53. The Kier molecular flexibility index (Phi) is 8.77. The number of aromatic nitrogens is 6. The average Bonchev–Trinajstić information content (AvgIpc) is 4.03. The van der Waals surface area contributed by atoms with E-state index in [0.29, 0.717) is 34.9 Å². The van der Waals surface area contributed by atoms with Crippen molar-refractivity contribution in [3.8, 4) is 76.7 Å². The molecule has 0 radical (unpaired) electrons. The summed E-state index contributed by atoms with van der Waals surface area (Å²) in [6.07, 6.45) is 0. The second-order valence-corrected chi connectivity index (χ2v) is 20.1. The van der Waals surface area contributed by atoms with E-state index in [-0.39, 0.29) is 0 Å². The SMILES string of the molecule is c1ccc(-c2nc(-c3ccccc3)nc(-c3cc4c(s3)-c3sc(-c5nc(-c6ccccc6)nc(-c6ccccc6)n5)cc3[Si]4(c3ccccc3)c3ccccc3)n2)cc1. The Hall–Kier alpha value is -7.04. The van der Waals surface area contributed by atoms with Gasteiger partial charge in [0.15, 0.2) is 43.0 Å². The van der Waals surface area contributed by atoms with Crippen molar-refractivity contribution in [3.63, 3.8) is 0 Å². The van der Waals surface area contributed by atoms with E-state index in [1.54, 1.807) is 22.7 Å². The third-order valence-corrected chi connectivity index (χ3v) is 18.3. The maximum Gasteiger partial charge on any atom is 0.182 e. The van der Waals surface area contributed by atoms with E-state index in [2.05, 4.69) is 121 Å². The van der Waals surface area contributed by atoms with E-state index < -0.39 is 8.07 Å². The van der Waals surface area contributed by atoms with E-state index >= 15 is 0 Å². The lowest BCUT2D eigenvalue weighted by atomic mass is 10.2. The van der Waals surface area contributed by atoms with Gasteiger partial charge < -0.3 is 0 Å². The van der Waals surface area contributed by atoms with Crippen molar-refractivity contribution in [3.05, 3.63) is 194 Å². The van der Waals surface area contributed by atoms with Gasteiger partial charge in [0.1, 0.15) is 0 Å². The molecule has 5 heterocycles. The van der Waals surface area contributed by atoms with E-state index in [4.69, 9.17) is 29.9 Å². The molecule has 1 aliphatic rings. The van der Waals surface area contributed by atoms with Crippen molar-refractivity contribution in [1.29, 1.82) is 0 Å². The van der Waals surface area contributed by atoms with Crippen LogP contribution in [0.5, 0.6) is 0 Å². The van der Waals surface area contributed by atoms with E-state index in [0.717, 1.165) is 32.0 Å². The van der Waals surface area contributed by atoms with Gasteiger partial charge in [-0.2, -0.15) is 0 Å². The highest BCUT2D eigenvalue weighted by Gasteiger charge is 2.51. The fraction of sp³-hybridized carbons (Fsp3) is 0. The molecule has 6 aromatic carbocycles. The van der Waals surface area contributed by atoms with Crippen LogP contribution in [-0.2, 0) is 0 Å². The first-order valence-corrected chi connectivity index (χ1v) is 23.0. The quantitative estimate of drug-likeness (QED) is 0.143. The highest BCUT2D eigenvalue weighted by atomic mass is 32.1. The zero-order valence-electron chi connectivity index (χ0n) is 31.5. The summed E-state index contributed by atoms with van der Waals surface area (Å²) in [7, 11) is -2.88. The molecule has 0 unspecified atom stereocenters. The summed E-state index contributed by atoms with van der Waals surface area (Å²) in [4.78, 5) is 35.2. The highest BCUT2D eigenvalue weighted by molar-refractivity contribution is 7.35. The Bertz CT molecular complexity index is 2760. The zero-order chi connectivity index (χ0) is 39.2. The lowest BCUT2D eigenvalue weighted by molar-refractivity contribution is 1.08. The van der Waals surface area contributed by atoms with Gasteiger partial charge in [-0.1, -0.05) is 182 Å².